The minimum atomic E-state index is -3.42. The van der Waals surface area contributed by atoms with Gasteiger partial charge in [0.15, 0.2) is 0 Å². The Kier molecular flexibility index (Phi) is 10.2. The topological polar surface area (TPSA) is 72.6 Å². The molecule has 0 aliphatic carbocycles. The minimum Gasteiger partial charge on any atom is -0.330 e. The van der Waals surface area contributed by atoms with Gasteiger partial charge in [0, 0.05) is 6.54 Å². The Balaban J connectivity index is 2.47. The van der Waals surface area contributed by atoms with Crippen molar-refractivity contribution in [3.05, 3.63) is 35.9 Å². The molecule has 0 unspecified atom stereocenters. The summed E-state index contributed by atoms with van der Waals surface area (Å²) in [6.07, 6.45) is 6.28. The first-order valence-electron chi connectivity index (χ1n) is 8.87. The van der Waals surface area contributed by atoms with Gasteiger partial charge in [0.2, 0.25) is 10.0 Å². The van der Waals surface area contributed by atoms with Crippen LogP contribution in [0.5, 0.6) is 0 Å². The Bertz CT molecular complexity index is 532. The molecule has 0 bridgehead atoms. The molecule has 0 spiro atoms. The van der Waals surface area contributed by atoms with E-state index in [1.54, 1.807) is 13.8 Å². The fraction of sp³-hybridized carbons (Fsp3) is 0.667. The second-order valence-corrected chi connectivity index (χ2v) is 8.67. The van der Waals surface area contributed by atoms with Gasteiger partial charge in [-0.1, -0.05) is 60.5 Å². The third kappa shape index (κ3) is 7.75. The zero-order valence-electron chi connectivity index (χ0n) is 15.0. The van der Waals surface area contributed by atoms with Crippen molar-refractivity contribution in [3.63, 3.8) is 0 Å². The van der Waals surface area contributed by atoms with E-state index in [4.69, 9.17) is 10.6 Å². The van der Waals surface area contributed by atoms with E-state index in [2.05, 4.69) is 0 Å². The summed E-state index contributed by atoms with van der Waals surface area (Å²) in [4.78, 5) is 5.63. The van der Waals surface area contributed by atoms with Gasteiger partial charge in [-0.25, -0.2) is 8.42 Å². The molecule has 0 aliphatic rings. The quantitative estimate of drug-likeness (QED) is 0.434. The smallest absolute Gasteiger partial charge is 0.238 e. The molecule has 1 rings (SSSR count). The standard InChI is InChI=1S/C18H32N2O3S/c1-17(2)24(21,22)20(15-11-6-4-3-5-10-14-19)23-16-18-12-8-7-9-13-18/h7-9,12-13,17H,3-6,10-11,14-16,19H2,1-2H3. The van der Waals surface area contributed by atoms with Gasteiger partial charge in [0.1, 0.15) is 0 Å². The highest BCUT2D eigenvalue weighted by molar-refractivity contribution is 7.89. The summed E-state index contributed by atoms with van der Waals surface area (Å²) in [6, 6.07) is 9.62. The molecule has 0 aliphatic heterocycles. The van der Waals surface area contributed by atoms with Crippen molar-refractivity contribution in [1.29, 1.82) is 0 Å². The van der Waals surface area contributed by atoms with Gasteiger partial charge in [-0.15, -0.1) is 0 Å². The second-order valence-electron chi connectivity index (χ2n) is 6.29. The van der Waals surface area contributed by atoms with E-state index in [0.29, 0.717) is 6.54 Å². The van der Waals surface area contributed by atoms with Crippen LogP contribution in [-0.4, -0.2) is 31.2 Å². The van der Waals surface area contributed by atoms with Crippen LogP contribution in [-0.2, 0) is 21.5 Å². The van der Waals surface area contributed by atoms with Gasteiger partial charge in [0.05, 0.1) is 11.9 Å². The average molecular weight is 357 g/mol. The highest BCUT2D eigenvalue weighted by Gasteiger charge is 2.26. The van der Waals surface area contributed by atoms with E-state index in [1.165, 1.54) is 4.47 Å². The van der Waals surface area contributed by atoms with E-state index in [1.807, 2.05) is 30.3 Å². The summed E-state index contributed by atoms with van der Waals surface area (Å²) in [7, 11) is -3.42. The molecule has 0 atom stereocenters. The average Bonchev–Trinajstić information content (AvgIpc) is 2.57. The van der Waals surface area contributed by atoms with Crippen molar-refractivity contribution in [3.8, 4) is 0 Å². The highest BCUT2D eigenvalue weighted by atomic mass is 32.2. The number of hydrogen-bond acceptors (Lipinski definition) is 4. The van der Waals surface area contributed by atoms with Crippen LogP contribution in [0.1, 0.15) is 57.9 Å². The van der Waals surface area contributed by atoms with Crippen molar-refractivity contribution in [2.45, 2.75) is 64.2 Å². The summed E-state index contributed by atoms with van der Waals surface area (Å²) >= 11 is 0. The molecular weight excluding hydrogens is 324 g/mol. The maximum atomic E-state index is 12.4. The molecule has 5 nitrogen and oxygen atoms in total. The Morgan fingerprint density at radius 3 is 2.17 bits per heavy atom. The van der Waals surface area contributed by atoms with Crippen LogP contribution in [0.25, 0.3) is 0 Å². The summed E-state index contributed by atoms with van der Waals surface area (Å²) in [6.45, 7) is 4.78. The molecule has 1 aromatic rings. The van der Waals surface area contributed by atoms with Crippen LogP contribution in [0.2, 0.25) is 0 Å². The number of hydrogen-bond donors (Lipinski definition) is 1. The van der Waals surface area contributed by atoms with Gasteiger partial charge in [-0.05, 0) is 38.8 Å². The molecule has 6 heteroatoms. The lowest BCUT2D eigenvalue weighted by atomic mass is 10.1. The monoisotopic (exact) mass is 356 g/mol. The Morgan fingerprint density at radius 1 is 1.00 bits per heavy atom. The van der Waals surface area contributed by atoms with Gasteiger partial charge in [-0.2, -0.15) is 0 Å². The molecule has 0 saturated carbocycles. The van der Waals surface area contributed by atoms with Gasteiger partial charge in [-0.3, -0.25) is 4.84 Å². The van der Waals surface area contributed by atoms with Crippen LogP contribution in [0, 0.1) is 0 Å². The predicted octanol–water partition coefficient (Wildman–Crippen LogP) is 3.46. The van der Waals surface area contributed by atoms with E-state index >= 15 is 0 Å². The molecule has 0 heterocycles. The summed E-state index contributed by atoms with van der Waals surface area (Å²) < 4.78 is 26.1. The Hall–Kier alpha value is -0.950. The third-order valence-electron chi connectivity index (χ3n) is 3.89. The normalized spacial score (nSPS) is 12.2. The molecule has 138 valence electrons. The summed E-state index contributed by atoms with van der Waals surface area (Å²) in [5.41, 5.74) is 6.44. The van der Waals surface area contributed by atoms with E-state index < -0.39 is 15.3 Å². The van der Waals surface area contributed by atoms with Crippen LogP contribution in [0.3, 0.4) is 0 Å². The number of benzene rings is 1. The van der Waals surface area contributed by atoms with Crippen molar-refractivity contribution >= 4 is 10.0 Å². The highest BCUT2D eigenvalue weighted by Crippen LogP contribution is 2.14. The van der Waals surface area contributed by atoms with Crippen molar-refractivity contribution in [2.24, 2.45) is 5.73 Å². The van der Waals surface area contributed by atoms with Crippen LogP contribution in [0.15, 0.2) is 30.3 Å². The van der Waals surface area contributed by atoms with E-state index in [-0.39, 0.29) is 6.61 Å². The number of nitrogens with two attached hydrogens (primary N) is 1. The molecular formula is C18H32N2O3S. The largest absolute Gasteiger partial charge is 0.330 e. The molecule has 0 radical (unpaired) electrons. The fourth-order valence-corrected chi connectivity index (χ4v) is 3.37. The van der Waals surface area contributed by atoms with Crippen LogP contribution < -0.4 is 5.73 Å². The van der Waals surface area contributed by atoms with Gasteiger partial charge >= 0.3 is 0 Å². The lowest BCUT2D eigenvalue weighted by Gasteiger charge is -2.23. The zero-order valence-corrected chi connectivity index (χ0v) is 15.8. The molecule has 0 saturated heterocycles. The number of hydroxylamine groups is 1. The predicted molar refractivity (Wildman–Crippen MR) is 98.7 cm³/mol. The Labute approximate surface area is 147 Å². The molecule has 0 amide bonds. The summed E-state index contributed by atoms with van der Waals surface area (Å²) in [5.74, 6) is 0. The molecule has 1 aromatic carbocycles. The zero-order chi connectivity index (χ0) is 17.8. The van der Waals surface area contributed by atoms with Crippen molar-refractivity contribution in [2.75, 3.05) is 13.1 Å². The first-order valence-corrected chi connectivity index (χ1v) is 10.4. The fourth-order valence-electron chi connectivity index (χ4n) is 2.31. The van der Waals surface area contributed by atoms with E-state index in [0.717, 1.165) is 50.6 Å². The SMILES string of the molecule is CC(C)S(=O)(=O)N(CCCCCCCCN)OCc1ccccc1. The number of nitrogens with zero attached hydrogens (tertiary/aromatic N) is 1. The number of sulfonamides is 1. The van der Waals surface area contributed by atoms with Crippen LogP contribution >= 0.6 is 0 Å². The summed E-state index contributed by atoms with van der Waals surface area (Å²) in [5, 5.41) is -0.488. The lowest BCUT2D eigenvalue weighted by Crippen LogP contribution is -2.37. The third-order valence-corrected chi connectivity index (χ3v) is 5.94. The van der Waals surface area contributed by atoms with Gasteiger partial charge < -0.3 is 5.73 Å². The maximum absolute atomic E-state index is 12.4. The lowest BCUT2D eigenvalue weighted by molar-refractivity contribution is -0.0973. The van der Waals surface area contributed by atoms with Crippen LogP contribution in [0.4, 0.5) is 0 Å². The Morgan fingerprint density at radius 2 is 1.58 bits per heavy atom. The maximum Gasteiger partial charge on any atom is 0.238 e. The molecule has 2 N–H and O–H groups in total. The first kappa shape index (κ1) is 21.1. The molecule has 0 aromatic heterocycles. The second kappa shape index (κ2) is 11.6. The molecule has 0 fully saturated rings. The molecule has 24 heavy (non-hydrogen) atoms. The number of rotatable bonds is 13. The van der Waals surface area contributed by atoms with E-state index in [9.17, 15) is 8.42 Å². The minimum absolute atomic E-state index is 0.267. The van der Waals surface area contributed by atoms with Crippen molar-refractivity contribution in [1.82, 2.24) is 4.47 Å². The first-order chi connectivity index (χ1) is 11.5. The number of unbranched alkanes of at least 4 members (excludes halogenated alkanes) is 5. The van der Waals surface area contributed by atoms with Gasteiger partial charge in [0.25, 0.3) is 0 Å². The van der Waals surface area contributed by atoms with Crippen molar-refractivity contribution < 1.29 is 13.3 Å².